The van der Waals surface area contributed by atoms with E-state index in [4.69, 9.17) is 0 Å². The molecule has 128 valence electrons. The molecule has 0 aliphatic rings. The SMILES string of the molecule is CN(C)CCCNc1cncc(C(=O)N(C)Cc2ccccc2)c1. The van der Waals surface area contributed by atoms with Gasteiger partial charge in [-0.15, -0.1) is 0 Å². The lowest BCUT2D eigenvalue weighted by Gasteiger charge is -2.18. The fraction of sp³-hybridized carbons (Fsp3) is 0.368. The fourth-order valence-electron chi connectivity index (χ4n) is 2.43. The van der Waals surface area contributed by atoms with Gasteiger partial charge in [-0.05, 0) is 38.7 Å². The Morgan fingerprint density at radius 3 is 2.58 bits per heavy atom. The highest BCUT2D eigenvalue weighted by molar-refractivity contribution is 5.94. The van der Waals surface area contributed by atoms with E-state index in [2.05, 4.69) is 29.3 Å². The number of hydrogen-bond acceptors (Lipinski definition) is 4. The molecule has 0 saturated heterocycles. The number of nitrogens with one attached hydrogen (secondary N) is 1. The maximum Gasteiger partial charge on any atom is 0.255 e. The Morgan fingerprint density at radius 2 is 1.88 bits per heavy atom. The molecule has 5 heteroatoms. The normalized spacial score (nSPS) is 10.7. The van der Waals surface area contributed by atoms with Crippen LogP contribution in [0.15, 0.2) is 48.8 Å². The standard InChI is InChI=1S/C19H26N4O/c1-22(2)11-7-10-21-18-12-17(13-20-14-18)19(24)23(3)15-16-8-5-4-6-9-16/h4-6,8-9,12-14,21H,7,10-11,15H2,1-3H3. The van der Waals surface area contributed by atoms with Crippen molar-refractivity contribution in [2.75, 3.05) is 39.5 Å². The van der Waals surface area contributed by atoms with Crippen molar-refractivity contribution >= 4 is 11.6 Å². The Morgan fingerprint density at radius 1 is 1.12 bits per heavy atom. The molecule has 2 rings (SSSR count). The number of amides is 1. The summed E-state index contributed by atoms with van der Waals surface area (Å²) in [4.78, 5) is 20.6. The third-order valence-corrected chi connectivity index (χ3v) is 3.71. The molecule has 0 bridgehead atoms. The van der Waals surface area contributed by atoms with E-state index in [-0.39, 0.29) is 5.91 Å². The first-order chi connectivity index (χ1) is 11.6. The predicted molar refractivity (Wildman–Crippen MR) is 98.1 cm³/mol. The van der Waals surface area contributed by atoms with E-state index in [1.807, 2.05) is 43.4 Å². The third-order valence-electron chi connectivity index (χ3n) is 3.71. The molecule has 0 saturated carbocycles. The van der Waals surface area contributed by atoms with Gasteiger partial charge in [0.2, 0.25) is 0 Å². The van der Waals surface area contributed by atoms with Crippen molar-refractivity contribution in [2.45, 2.75) is 13.0 Å². The third kappa shape index (κ3) is 5.66. The van der Waals surface area contributed by atoms with Crippen LogP contribution >= 0.6 is 0 Å². The molecule has 0 atom stereocenters. The summed E-state index contributed by atoms with van der Waals surface area (Å²) >= 11 is 0. The lowest BCUT2D eigenvalue weighted by Crippen LogP contribution is -2.26. The largest absolute Gasteiger partial charge is 0.384 e. The van der Waals surface area contributed by atoms with Crippen LogP contribution < -0.4 is 5.32 Å². The van der Waals surface area contributed by atoms with Gasteiger partial charge >= 0.3 is 0 Å². The number of aromatic nitrogens is 1. The van der Waals surface area contributed by atoms with Crippen molar-refractivity contribution in [3.63, 3.8) is 0 Å². The van der Waals surface area contributed by atoms with Crippen LogP contribution in [0.1, 0.15) is 22.3 Å². The Labute approximate surface area is 144 Å². The van der Waals surface area contributed by atoms with Gasteiger partial charge in [-0.25, -0.2) is 0 Å². The van der Waals surface area contributed by atoms with Gasteiger partial charge < -0.3 is 15.1 Å². The summed E-state index contributed by atoms with van der Waals surface area (Å²) in [6.07, 6.45) is 4.41. The maximum atomic E-state index is 12.6. The number of nitrogens with zero attached hydrogens (tertiary/aromatic N) is 3. The second-order valence-electron chi connectivity index (χ2n) is 6.19. The summed E-state index contributed by atoms with van der Waals surface area (Å²) in [5.41, 5.74) is 2.60. The first-order valence-corrected chi connectivity index (χ1v) is 8.19. The van der Waals surface area contributed by atoms with Gasteiger partial charge in [-0.2, -0.15) is 0 Å². The van der Waals surface area contributed by atoms with Crippen LogP contribution in [0.3, 0.4) is 0 Å². The highest BCUT2D eigenvalue weighted by atomic mass is 16.2. The molecule has 2 aromatic rings. The zero-order chi connectivity index (χ0) is 17.4. The highest BCUT2D eigenvalue weighted by Crippen LogP contribution is 2.12. The number of hydrogen-bond donors (Lipinski definition) is 1. The van der Waals surface area contributed by atoms with Gasteiger partial charge in [0.05, 0.1) is 11.3 Å². The minimum Gasteiger partial charge on any atom is -0.384 e. The molecule has 1 aromatic heterocycles. The van der Waals surface area contributed by atoms with E-state index < -0.39 is 0 Å². The predicted octanol–water partition coefficient (Wildman–Crippen LogP) is 2.72. The van der Waals surface area contributed by atoms with Gasteiger partial charge in [0.25, 0.3) is 5.91 Å². The van der Waals surface area contributed by atoms with Crippen molar-refractivity contribution in [2.24, 2.45) is 0 Å². The van der Waals surface area contributed by atoms with Crippen LogP contribution in [0, 0.1) is 0 Å². The Kier molecular flexibility index (Phi) is 6.75. The van der Waals surface area contributed by atoms with Crippen LogP contribution in [-0.4, -0.2) is 54.9 Å². The molecule has 1 aromatic carbocycles. The molecule has 0 unspecified atom stereocenters. The molecule has 1 amide bonds. The number of pyridine rings is 1. The molecule has 0 aliphatic heterocycles. The molecule has 0 radical (unpaired) electrons. The van der Waals surface area contributed by atoms with E-state index in [9.17, 15) is 4.79 Å². The summed E-state index contributed by atoms with van der Waals surface area (Å²) in [7, 11) is 5.93. The zero-order valence-electron chi connectivity index (χ0n) is 14.7. The minimum absolute atomic E-state index is 0.0247. The smallest absolute Gasteiger partial charge is 0.255 e. The van der Waals surface area contributed by atoms with Crippen molar-refractivity contribution in [1.29, 1.82) is 0 Å². The van der Waals surface area contributed by atoms with Gasteiger partial charge in [0, 0.05) is 32.5 Å². The summed E-state index contributed by atoms with van der Waals surface area (Å²) in [6.45, 7) is 2.47. The van der Waals surface area contributed by atoms with Crippen LogP contribution in [0.25, 0.3) is 0 Å². The molecule has 0 spiro atoms. The number of rotatable bonds is 8. The lowest BCUT2D eigenvalue weighted by atomic mass is 10.2. The molecule has 1 N–H and O–H groups in total. The average molecular weight is 326 g/mol. The van der Waals surface area contributed by atoms with Crippen molar-refractivity contribution in [3.05, 3.63) is 59.9 Å². The highest BCUT2D eigenvalue weighted by Gasteiger charge is 2.13. The van der Waals surface area contributed by atoms with Gasteiger partial charge in [-0.1, -0.05) is 30.3 Å². The van der Waals surface area contributed by atoms with Crippen LogP contribution in [0.5, 0.6) is 0 Å². The van der Waals surface area contributed by atoms with E-state index in [0.717, 1.165) is 30.8 Å². The molecular weight excluding hydrogens is 300 g/mol. The maximum absolute atomic E-state index is 12.6. The van der Waals surface area contributed by atoms with Crippen LogP contribution in [0.2, 0.25) is 0 Å². The molecule has 0 aliphatic carbocycles. The second kappa shape index (κ2) is 9.03. The first kappa shape index (κ1) is 17.9. The number of benzene rings is 1. The Bertz CT molecular complexity index is 643. The van der Waals surface area contributed by atoms with E-state index >= 15 is 0 Å². The molecule has 0 fully saturated rings. The van der Waals surface area contributed by atoms with E-state index in [0.29, 0.717) is 12.1 Å². The topological polar surface area (TPSA) is 48.5 Å². The lowest BCUT2D eigenvalue weighted by molar-refractivity contribution is 0.0784. The number of carbonyl (C=O) groups is 1. The van der Waals surface area contributed by atoms with Crippen molar-refractivity contribution in [3.8, 4) is 0 Å². The van der Waals surface area contributed by atoms with Crippen LogP contribution in [-0.2, 0) is 6.54 Å². The quantitative estimate of drug-likeness (QED) is 0.758. The Balaban J connectivity index is 1.93. The summed E-state index contributed by atoms with van der Waals surface area (Å²) in [6, 6.07) is 11.8. The average Bonchev–Trinajstić information content (AvgIpc) is 2.59. The molecule has 24 heavy (non-hydrogen) atoms. The van der Waals surface area contributed by atoms with E-state index in [1.165, 1.54) is 0 Å². The number of carbonyl (C=O) groups excluding carboxylic acids is 1. The molecular formula is C19H26N4O. The van der Waals surface area contributed by atoms with Crippen molar-refractivity contribution in [1.82, 2.24) is 14.8 Å². The summed E-state index contributed by atoms with van der Waals surface area (Å²) < 4.78 is 0. The zero-order valence-corrected chi connectivity index (χ0v) is 14.7. The second-order valence-corrected chi connectivity index (χ2v) is 6.19. The number of anilines is 1. The van der Waals surface area contributed by atoms with E-state index in [1.54, 1.807) is 17.3 Å². The van der Waals surface area contributed by atoms with Gasteiger partial charge in [0.1, 0.15) is 0 Å². The van der Waals surface area contributed by atoms with Gasteiger partial charge in [-0.3, -0.25) is 9.78 Å². The first-order valence-electron chi connectivity index (χ1n) is 8.19. The molecule has 1 heterocycles. The summed E-state index contributed by atoms with van der Waals surface area (Å²) in [5, 5.41) is 3.32. The Hall–Kier alpha value is -2.40. The molecule has 5 nitrogen and oxygen atoms in total. The van der Waals surface area contributed by atoms with Gasteiger partial charge in [0.15, 0.2) is 0 Å². The van der Waals surface area contributed by atoms with Crippen LogP contribution in [0.4, 0.5) is 5.69 Å². The summed E-state index contributed by atoms with van der Waals surface area (Å²) in [5.74, 6) is -0.0247. The monoisotopic (exact) mass is 326 g/mol. The minimum atomic E-state index is -0.0247. The van der Waals surface area contributed by atoms with Crippen molar-refractivity contribution < 1.29 is 4.79 Å². The fourth-order valence-corrected chi connectivity index (χ4v) is 2.43.